The van der Waals surface area contributed by atoms with Crippen LogP contribution in [-0.2, 0) is 6.54 Å². The van der Waals surface area contributed by atoms with Crippen LogP contribution in [0.2, 0.25) is 0 Å². The lowest BCUT2D eigenvalue weighted by Crippen LogP contribution is -2.40. The van der Waals surface area contributed by atoms with Crippen molar-refractivity contribution in [1.29, 1.82) is 0 Å². The van der Waals surface area contributed by atoms with Crippen molar-refractivity contribution in [2.45, 2.75) is 43.5 Å². The molecule has 1 aliphatic carbocycles. The maximum absolute atomic E-state index is 10.7. The molecule has 5 heteroatoms. The van der Waals surface area contributed by atoms with Gasteiger partial charge in [0.05, 0.1) is 11.3 Å². The van der Waals surface area contributed by atoms with E-state index in [0.717, 1.165) is 5.69 Å². The molecule has 1 fully saturated rings. The van der Waals surface area contributed by atoms with E-state index in [4.69, 9.17) is 5.11 Å². The van der Waals surface area contributed by atoms with Crippen LogP contribution in [0.5, 0.6) is 0 Å². The average molecular weight is 280 g/mol. The van der Waals surface area contributed by atoms with Crippen LogP contribution >= 0.6 is 11.8 Å². The van der Waals surface area contributed by atoms with E-state index >= 15 is 0 Å². The molecule has 2 unspecified atom stereocenters. The minimum absolute atomic E-state index is 0.239. The van der Waals surface area contributed by atoms with Crippen LogP contribution in [0.1, 0.15) is 41.7 Å². The number of hydrogen-bond acceptors (Lipinski definition) is 4. The van der Waals surface area contributed by atoms with Crippen molar-refractivity contribution < 1.29 is 9.90 Å². The summed E-state index contributed by atoms with van der Waals surface area (Å²) >= 11 is 1.93. The molecular weight excluding hydrogens is 260 g/mol. The highest BCUT2D eigenvalue weighted by atomic mass is 32.2. The van der Waals surface area contributed by atoms with Crippen molar-refractivity contribution in [3.63, 3.8) is 0 Å². The first-order valence-corrected chi connectivity index (χ1v) is 7.94. The third-order valence-electron chi connectivity index (χ3n) is 3.62. The second-order valence-corrected chi connectivity index (χ2v) is 5.97. The molecule has 0 aliphatic heterocycles. The summed E-state index contributed by atoms with van der Waals surface area (Å²) in [6.07, 6.45) is 8.72. The summed E-state index contributed by atoms with van der Waals surface area (Å²) in [6, 6.07) is 3.94. The zero-order chi connectivity index (χ0) is 13.7. The molecule has 1 heterocycles. The monoisotopic (exact) mass is 280 g/mol. The number of aromatic carboxylic acids is 1. The number of pyridine rings is 1. The Bertz CT molecular complexity index is 422. The topological polar surface area (TPSA) is 62.2 Å². The molecule has 2 rings (SSSR count). The molecule has 0 bridgehead atoms. The number of rotatable bonds is 5. The van der Waals surface area contributed by atoms with Gasteiger partial charge in [0.2, 0.25) is 0 Å². The van der Waals surface area contributed by atoms with Gasteiger partial charge >= 0.3 is 5.97 Å². The highest BCUT2D eigenvalue weighted by Crippen LogP contribution is 2.27. The molecule has 1 aliphatic rings. The summed E-state index contributed by atoms with van der Waals surface area (Å²) < 4.78 is 0. The van der Waals surface area contributed by atoms with Crippen molar-refractivity contribution in [1.82, 2.24) is 10.3 Å². The third-order valence-corrected chi connectivity index (χ3v) is 4.79. The van der Waals surface area contributed by atoms with E-state index in [0.29, 0.717) is 17.8 Å². The number of aromatic nitrogens is 1. The molecule has 1 saturated carbocycles. The van der Waals surface area contributed by atoms with E-state index in [2.05, 4.69) is 16.6 Å². The van der Waals surface area contributed by atoms with Crippen molar-refractivity contribution in [2.24, 2.45) is 0 Å². The first-order chi connectivity index (χ1) is 9.20. The van der Waals surface area contributed by atoms with Crippen LogP contribution in [0.25, 0.3) is 0 Å². The molecular formula is C14H20N2O2S. The number of nitrogens with zero attached hydrogens (tertiary/aromatic N) is 1. The summed E-state index contributed by atoms with van der Waals surface area (Å²) in [5, 5.41) is 13.1. The lowest BCUT2D eigenvalue weighted by atomic mass is 9.95. The second kappa shape index (κ2) is 6.91. The van der Waals surface area contributed by atoms with Gasteiger partial charge in [-0.25, -0.2) is 4.79 Å². The quantitative estimate of drug-likeness (QED) is 0.868. The van der Waals surface area contributed by atoms with Gasteiger partial charge in [-0.15, -0.1) is 0 Å². The fourth-order valence-corrected chi connectivity index (χ4v) is 3.47. The van der Waals surface area contributed by atoms with Gasteiger partial charge in [-0.2, -0.15) is 11.8 Å². The maximum Gasteiger partial charge on any atom is 0.337 e. The van der Waals surface area contributed by atoms with Gasteiger partial charge in [0.25, 0.3) is 0 Å². The number of hydrogen-bond donors (Lipinski definition) is 2. The van der Waals surface area contributed by atoms with E-state index in [9.17, 15) is 4.79 Å². The Morgan fingerprint density at radius 2 is 2.26 bits per heavy atom. The summed E-state index contributed by atoms with van der Waals surface area (Å²) in [7, 11) is 0. The average Bonchev–Trinajstić information content (AvgIpc) is 2.45. The molecule has 0 spiro atoms. The Hall–Kier alpha value is -1.07. The molecule has 4 nitrogen and oxygen atoms in total. The van der Waals surface area contributed by atoms with Gasteiger partial charge in [-0.3, -0.25) is 4.98 Å². The number of nitrogens with one attached hydrogen (secondary N) is 1. The normalized spacial score (nSPS) is 23.2. The van der Waals surface area contributed by atoms with Crippen LogP contribution in [0.3, 0.4) is 0 Å². The molecule has 1 aromatic heterocycles. The Morgan fingerprint density at radius 1 is 1.47 bits per heavy atom. The number of thioether (sulfide) groups is 1. The predicted octanol–water partition coefficient (Wildman–Crippen LogP) is 2.54. The number of carboxylic acids is 1. The van der Waals surface area contributed by atoms with Gasteiger partial charge in [0, 0.05) is 24.0 Å². The van der Waals surface area contributed by atoms with E-state index in [-0.39, 0.29) is 5.56 Å². The molecule has 0 amide bonds. The van der Waals surface area contributed by atoms with Crippen LogP contribution in [-0.4, -0.2) is 33.6 Å². The van der Waals surface area contributed by atoms with E-state index in [1.54, 1.807) is 12.1 Å². The van der Waals surface area contributed by atoms with Crippen LogP contribution in [0, 0.1) is 0 Å². The van der Waals surface area contributed by atoms with Crippen LogP contribution in [0.4, 0.5) is 0 Å². The van der Waals surface area contributed by atoms with Crippen molar-refractivity contribution >= 4 is 17.7 Å². The molecule has 1 aromatic rings. The van der Waals surface area contributed by atoms with Gasteiger partial charge in [-0.05, 0) is 31.2 Å². The maximum atomic E-state index is 10.7. The van der Waals surface area contributed by atoms with E-state index < -0.39 is 5.97 Å². The first kappa shape index (κ1) is 14.3. The van der Waals surface area contributed by atoms with Gasteiger partial charge in [0.1, 0.15) is 0 Å². The fraction of sp³-hybridized carbons (Fsp3) is 0.571. The summed E-state index contributed by atoms with van der Waals surface area (Å²) in [4.78, 5) is 14.9. The highest BCUT2D eigenvalue weighted by molar-refractivity contribution is 7.99. The predicted molar refractivity (Wildman–Crippen MR) is 77.6 cm³/mol. The molecule has 0 radical (unpaired) electrons. The molecule has 2 N–H and O–H groups in total. The van der Waals surface area contributed by atoms with Gasteiger partial charge in [-0.1, -0.05) is 12.8 Å². The molecule has 0 saturated heterocycles. The number of carboxylic acid groups (broad SMARTS) is 1. The highest BCUT2D eigenvalue weighted by Gasteiger charge is 2.23. The van der Waals surface area contributed by atoms with Gasteiger partial charge < -0.3 is 10.4 Å². The lowest BCUT2D eigenvalue weighted by molar-refractivity contribution is 0.0696. The smallest absolute Gasteiger partial charge is 0.337 e. The van der Waals surface area contributed by atoms with Crippen LogP contribution in [0.15, 0.2) is 18.3 Å². The van der Waals surface area contributed by atoms with Crippen molar-refractivity contribution in [2.75, 3.05) is 6.26 Å². The first-order valence-electron chi connectivity index (χ1n) is 6.65. The fourth-order valence-electron chi connectivity index (χ4n) is 2.50. The third kappa shape index (κ3) is 3.94. The Morgan fingerprint density at radius 3 is 2.89 bits per heavy atom. The van der Waals surface area contributed by atoms with E-state index in [1.807, 2.05) is 11.8 Å². The molecule has 19 heavy (non-hydrogen) atoms. The van der Waals surface area contributed by atoms with Crippen molar-refractivity contribution in [3.8, 4) is 0 Å². The van der Waals surface area contributed by atoms with E-state index in [1.165, 1.54) is 31.9 Å². The largest absolute Gasteiger partial charge is 0.478 e. The Labute approximate surface area is 118 Å². The Balaban J connectivity index is 1.88. The minimum Gasteiger partial charge on any atom is -0.478 e. The molecule has 104 valence electrons. The van der Waals surface area contributed by atoms with Gasteiger partial charge in [0.15, 0.2) is 0 Å². The summed E-state index contributed by atoms with van der Waals surface area (Å²) in [5.74, 6) is -0.929. The minimum atomic E-state index is -0.929. The Kier molecular flexibility index (Phi) is 5.22. The SMILES string of the molecule is CSC1CCCCC1NCc1ccc(C(=O)O)cn1. The lowest BCUT2D eigenvalue weighted by Gasteiger charge is -2.31. The zero-order valence-corrected chi connectivity index (χ0v) is 11.9. The zero-order valence-electron chi connectivity index (χ0n) is 11.1. The number of carbonyl (C=O) groups is 1. The van der Waals surface area contributed by atoms with Crippen molar-refractivity contribution in [3.05, 3.63) is 29.6 Å². The second-order valence-electron chi connectivity index (χ2n) is 4.89. The van der Waals surface area contributed by atoms with Crippen LogP contribution < -0.4 is 5.32 Å². The summed E-state index contributed by atoms with van der Waals surface area (Å²) in [6.45, 7) is 0.710. The standard InChI is InChI=1S/C14H20N2O2S/c1-19-13-5-3-2-4-12(13)16-9-11-7-6-10(8-15-11)14(17)18/h6-8,12-13,16H,2-5,9H2,1H3,(H,17,18). The molecule has 2 atom stereocenters. The summed E-state index contributed by atoms with van der Waals surface area (Å²) in [5.41, 5.74) is 1.14. The molecule has 0 aromatic carbocycles.